The van der Waals surface area contributed by atoms with Crippen LogP contribution in [-0.4, -0.2) is 20.0 Å². The number of hydrogen-bond acceptors (Lipinski definition) is 4. The van der Waals surface area contributed by atoms with Crippen LogP contribution in [0, 0.1) is 22.7 Å². The van der Waals surface area contributed by atoms with Crippen LogP contribution in [-0.2, 0) is 6.42 Å². The van der Waals surface area contributed by atoms with Crippen molar-refractivity contribution < 1.29 is 4.74 Å². The highest BCUT2D eigenvalue weighted by atomic mass is 16.5. The summed E-state index contributed by atoms with van der Waals surface area (Å²) in [7, 11) is 3.94. The third kappa shape index (κ3) is 2.91. The average molecular weight is 305 g/mol. The summed E-state index contributed by atoms with van der Waals surface area (Å²) in [6, 6.07) is 18.3. The van der Waals surface area contributed by atoms with Gasteiger partial charge in [0.25, 0.3) is 0 Å². The summed E-state index contributed by atoms with van der Waals surface area (Å²) in [5.74, 6) is 0.119. The van der Waals surface area contributed by atoms with Crippen molar-refractivity contribution in [3.63, 3.8) is 0 Å². The summed E-state index contributed by atoms with van der Waals surface area (Å²) in [6.45, 7) is 0. The lowest BCUT2D eigenvalue weighted by atomic mass is 9.80. The maximum atomic E-state index is 9.50. The molecule has 1 heterocycles. The molecular weight excluding hydrogens is 286 g/mol. The first-order chi connectivity index (χ1) is 11.1. The molecule has 1 aliphatic heterocycles. The van der Waals surface area contributed by atoms with Gasteiger partial charge in [-0.25, -0.2) is 0 Å². The summed E-state index contributed by atoms with van der Waals surface area (Å²) in [5.41, 5.74) is 3.18. The van der Waals surface area contributed by atoms with Crippen LogP contribution in [0.5, 0.6) is 5.75 Å². The van der Waals surface area contributed by atoms with Crippen LogP contribution in [0.1, 0.15) is 17.0 Å². The van der Waals surface area contributed by atoms with E-state index in [9.17, 15) is 5.26 Å². The van der Waals surface area contributed by atoms with E-state index in [1.807, 2.05) is 55.4 Å². The smallest absolute Gasteiger partial charge is 0.205 e. The first kappa shape index (κ1) is 15.1. The first-order valence-corrected chi connectivity index (χ1v) is 7.61. The summed E-state index contributed by atoms with van der Waals surface area (Å²) in [5, 5.41) is 17.6. The summed E-state index contributed by atoms with van der Waals surface area (Å²) in [6.07, 6.45) is 0.721. The molecule has 116 valence electrons. The molecule has 0 aromatic heterocycles. The van der Waals surface area contributed by atoms with Crippen LogP contribution in [0.25, 0.3) is 0 Å². The van der Waals surface area contributed by atoms with Crippen LogP contribution in [0.4, 0.5) is 5.69 Å². The van der Waals surface area contributed by atoms with Gasteiger partial charge < -0.3 is 9.64 Å². The minimum atomic E-state index is -0.548. The maximum absolute atomic E-state index is 9.50. The number of nitrogens with zero attached hydrogens (tertiary/aromatic N) is 2. The molecule has 1 N–H and O–H groups in total. The van der Waals surface area contributed by atoms with Gasteiger partial charge in [0.2, 0.25) is 5.90 Å². The van der Waals surface area contributed by atoms with Gasteiger partial charge in [-0.3, -0.25) is 5.41 Å². The van der Waals surface area contributed by atoms with E-state index in [1.54, 1.807) is 0 Å². The van der Waals surface area contributed by atoms with Crippen molar-refractivity contribution in [2.24, 2.45) is 5.92 Å². The van der Waals surface area contributed by atoms with E-state index in [1.165, 1.54) is 0 Å². The highest BCUT2D eigenvalue weighted by molar-refractivity contribution is 5.84. The molecule has 3 rings (SSSR count). The second-order valence-corrected chi connectivity index (χ2v) is 5.99. The van der Waals surface area contributed by atoms with Gasteiger partial charge in [-0.2, -0.15) is 5.26 Å². The molecule has 2 atom stereocenters. The fourth-order valence-electron chi connectivity index (χ4n) is 2.98. The number of benzene rings is 2. The van der Waals surface area contributed by atoms with Gasteiger partial charge in [0, 0.05) is 37.3 Å². The summed E-state index contributed by atoms with van der Waals surface area (Å²) in [4.78, 5) is 2.00. The molecule has 1 aliphatic rings. The van der Waals surface area contributed by atoms with Gasteiger partial charge in [0.1, 0.15) is 11.7 Å². The zero-order valence-electron chi connectivity index (χ0n) is 13.3. The van der Waals surface area contributed by atoms with Crippen LogP contribution in [0.3, 0.4) is 0 Å². The van der Waals surface area contributed by atoms with E-state index in [0.29, 0.717) is 5.75 Å². The quantitative estimate of drug-likeness (QED) is 0.942. The molecule has 0 fully saturated rings. The normalized spacial score (nSPS) is 19.4. The predicted octanol–water partition coefficient (Wildman–Crippen LogP) is 3.59. The molecule has 4 nitrogen and oxygen atoms in total. The second kappa shape index (κ2) is 6.13. The highest BCUT2D eigenvalue weighted by Gasteiger charge is 2.35. The highest BCUT2D eigenvalue weighted by Crippen LogP contribution is 2.41. The molecule has 2 aromatic rings. The molecule has 0 radical (unpaired) electrons. The fourth-order valence-corrected chi connectivity index (χ4v) is 2.98. The van der Waals surface area contributed by atoms with E-state index in [4.69, 9.17) is 10.1 Å². The van der Waals surface area contributed by atoms with Gasteiger partial charge in [-0.05, 0) is 18.1 Å². The third-order valence-corrected chi connectivity index (χ3v) is 4.26. The minimum Gasteiger partial charge on any atom is -0.442 e. The first-order valence-electron chi connectivity index (χ1n) is 7.61. The topological polar surface area (TPSA) is 60.1 Å². The lowest BCUT2D eigenvalue weighted by molar-refractivity contribution is 0.427. The van der Waals surface area contributed by atoms with E-state index in [2.05, 4.69) is 18.2 Å². The number of nitriles is 1. The Labute approximate surface area is 136 Å². The van der Waals surface area contributed by atoms with Crippen LogP contribution in [0.2, 0.25) is 0 Å². The molecule has 0 amide bonds. The second-order valence-electron chi connectivity index (χ2n) is 5.99. The molecule has 2 unspecified atom stereocenters. The van der Waals surface area contributed by atoms with Gasteiger partial charge in [-0.1, -0.05) is 36.4 Å². The van der Waals surface area contributed by atoms with Crippen molar-refractivity contribution in [2.45, 2.75) is 12.3 Å². The molecular formula is C19H19N3O. The Bertz CT molecular complexity index is 762. The van der Waals surface area contributed by atoms with Crippen molar-refractivity contribution >= 4 is 11.6 Å². The van der Waals surface area contributed by atoms with E-state index in [0.717, 1.165) is 23.2 Å². The third-order valence-electron chi connectivity index (χ3n) is 4.26. The maximum Gasteiger partial charge on any atom is 0.205 e. The van der Waals surface area contributed by atoms with E-state index in [-0.39, 0.29) is 11.8 Å². The Morgan fingerprint density at radius 3 is 2.57 bits per heavy atom. The number of nitrogens with one attached hydrogen (secondary N) is 1. The van der Waals surface area contributed by atoms with Gasteiger partial charge in [0.05, 0.1) is 6.07 Å². The largest absolute Gasteiger partial charge is 0.442 e. The summed E-state index contributed by atoms with van der Waals surface area (Å²) >= 11 is 0. The Hall–Kier alpha value is -2.80. The van der Waals surface area contributed by atoms with E-state index < -0.39 is 5.92 Å². The van der Waals surface area contributed by atoms with Crippen LogP contribution in [0.15, 0.2) is 48.5 Å². The average Bonchev–Trinajstić information content (AvgIpc) is 2.55. The standard InChI is InChI=1S/C19H19N3O/c1-22(2)14-8-9-15-16(10-13-6-4-3-5-7-13)17(12-20)19(21)23-18(15)11-14/h3-9,11,16-17,21H,10H2,1-2H3. The number of fused-ring (bicyclic) bond motifs is 1. The number of ether oxygens (including phenoxy) is 1. The Balaban J connectivity index is 2.02. The molecule has 0 bridgehead atoms. The molecule has 2 aromatic carbocycles. The van der Waals surface area contributed by atoms with Gasteiger partial charge in [-0.15, -0.1) is 0 Å². The molecule has 4 heteroatoms. The molecule has 0 saturated heterocycles. The van der Waals surface area contributed by atoms with Gasteiger partial charge >= 0.3 is 0 Å². The Kier molecular flexibility index (Phi) is 4.03. The summed E-state index contributed by atoms with van der Waals surface area (Å²) < 4.78 is 5.63. The lowest BCUT2D eigenvalue weighted by Crippen LogP contribution is -2.31. The SMILES string of the molecule is CN(C)c1ccc2c(c1)OC(=N)C(C#N)C2Cc1ccccc1. The zero-order chi connectivity index (χ0) is 16.4. The van der Waals surface area contributed by atoms with Crippen LogP contribution < -0.4 is 9.64 Å². The van der Waals surface area contributed by atoms with Crippen molar-refractivity contribution in [2.75, 3.05) is 19.0 Å². The number of anilines is 1. The Morgan fingerprint density at radius 2 is 1.91 bits per heavy atom. The van der Waals surface area contributed by atoms with Gasteiger partial charge in [0.15, 0.2) is 0 Å². The zero-order valence-corrected chi connectivity index (χ0v) is 13.3. The molecule has 0 saturated carbocycles. The van der Waals surface area contributed by atoms with Crippen molar-refractivity contribution in [1.29, 1.82) is 10.7 Å². The molecule has 0 aliphatic carbocycles. The Morgan fingerprint density at radius 1 is 1.17 bits per heavy atom. The molecule has 23 heavy (non-hydrogen) atoms. The monoisotopic (exact) mass is 305 g/mol. The fraction of sp³-hybridized carbons (Fsp3) is 0.263. The lowest BCUT2D eigenvalue weighted by Gasteiger charge is -2.31. The van der Waals surface area contributed by atoms with Crippen LogP contribution >= 0.6 is 0 Å². The van der Waals surface area contributed by atoms with Crippen molar-refractivity contribution in [3.8, 4) is 11.8 Å². The minimum absolute atomic E-state index is 0.0387. The van der Waals surface area contributed by atoms with Crippen molar-refractivity contribution in [1.82, 2.24) is 0 Å². The number of hydrogen-bond donors (Lipinski definition) is 1. The predicted molar refractivity (Wildman–Crippen MR) is 91.1 cm³/mol. The number of rotatable bonds is 3. The van der Waals surface area contributed by atoms with Crippen molar-refractivity contribution in [3.05, 3.63) is 59.7 Å². The van der Waals surface area contributed by atoms with E-state index >= 15 is 0 Å². The molecule has 0 spiro atoms.